The minimum absolute atomic E-state index is 0.107. The van der Waals surface area contributed by atoms with E-state index in [1.165, 1.54) is 6.21 Å². The van der Waals surface area contributed by atoms with Gasteiger partial charge in [-0.25, -0.2) is 0 Å². The number of carboxylic acid groups (broad SMARTS) is 1. The predicted octanol–water partition coefficient (Wildman–Crippen LogP) is -0.765. The molecule has 5 heteroatoms. The van der Waals surface area contributed by atoms with Crippen molar-refractivity contribution in [2.75, 3.05) is 6.54 Å². The Balaban J connectivity index is 3.20. The van der Waals surface area contributed by atoms with Crippen LogP contribution in [0, 0.1) is 0 Å². The van der Waals surface area contributed by atoms with Crippen LogP contribution in [-0.2, 0) is 9.59 Å². The molecule has 0 saturated carbocycles. The summed E-state index contributed by atoms with van der Waals surface area (Å²) in [5.74, 6) is -0.948. The molecule has 2 N–H and O–H groups in total. The monoisotopic (exact) mass is 144 g/mol. The number of carbonyl (C=O) groups is 2. The van der Waals surface area contributed by atoms with Crippen LogP contribution in [0.4, 0.5) is 0 Å². The fourth-order valence-electron chi connectivity index (χ4n) is 0.278. The van der Waals surface area contributed by atoms with Crippen LogP contribution in [0.25, 0.3) is 0 Å². The molecule has 0 radical (unpaired) electrons. The van der Waals surface area contributed by atoms with Crippen LogP contribution >= 0.6 is 0 Å². The molecule has 56 valence electrons. The third kappa shape index (κ3) is 6.61. The number of hydrogen-bond acceptors (Lipinski definition) is 4. The van der Waals surface area contributed by atoms with E-state index < -0.39 is 5.97 Å². The maximum atomic E-state index is 9.84. The molecule has 0 atom stereocenters. The summed E-state index contributed by atoms with van der Waals surface area (Å²) >= 11 is 0. The Labute approximate surface area is 57.7 Å². The quantitative estimate of drug-likeness (QED) is 0.230. The minimum Gasteiger partial charge on any atom is -0.481 e. The van der Waals surface area contributed by atoms with E-state index in [1.54, 1.807) is 0 Å². The number of carboxylic acids is 1. The van der Waals surface area contributed by atoms with Crippen molar-refractivity contribution in [3.8, 4) is 0 Å². The molecule has 5 nitrogen and oxygen atoms in total. The van der Waals surface area contributed by atoms with E-state index in [-0.39, 0.29) is 13.0 Å². The fourth-order valence-corrected chi connectivity index (χ4v) is 0.278. The van der Waals surface area contributed by atoms with E-state index in [1.807, 2.05) is 0 Å². The van der Waals surface area contributed by atoms with Crippen molar-refractivity contribution in [3.05, 3.63) is 0 Å². The molecule has 0 bridgehead atoms. The predicted molar refractivity (Wildman–Crippen MR) is 34.8 cm³/mol. The Morgan fingerprint density at radius 3 is 2.90 bits per heavy atom. The number of aldehydes is 1. The number of aliphatic carboxylic acids is 1. The van der Waals surface area contributed by atoms with Crippen molar-refractivity contribution in [3.63, 3.8) is 0 Å². The van der Waals surface area contributed by atoms with Gasteiger partial charge in [0.05, 0.1) is 13.0 Å². The van der Waals surface area contributed by atoms with Gasteiger partial charge in [-0.15, -0.1) is 0 Å². The molecular weight excluding hydrogens is 136 g/mol. The molecule has 0 aromatic carbocycles. The maximum Gasteiger partial charge on any atom is 0.308 e. The standard InChI is InChI=1S/C5H8N2O3/c8-4-3-7-6-2-1-5(9)10/h2,4,7H,1,3H2,(H,9,10). The number of nitrogens with zero attached hydrogens (tertiary/aromatic N) is 1. The summed E-state index contributed by atoms with van der Waals surface area (Å²) in [5.41, 5.74) is 2.33. The van der Waals surface area contributed by atoms with Gasteiger partial charge in [-0.1, -0.05) is 0 Å². The van der Waals surface area contributed by atoms with Crippen LogP contribution in [0.1, 0.15) is 6.42 Å². The van der Waals surface area contributed by atoms with E-state index in [9.17, 15) is 9.59 Å². The second-order valence-corrected chi connectivity index (χ2v) is 1.44. The highest BCUT2D eigenvalue weighted by atomic mass is 16.4. The largest absolute Gasteiger partial charge is 0.481 e. The van der Waals surface area contributed by atoms with Gasteiger partial charge in [0.15, 0.2) is 0 Å². The van der Waals surface area contributed by atoms with Crippen LogP contribution < -0.4 is 5.43 Å². The van der Waals surface area contributed by atoms with E-state index in [2.05, 4.69) is 10.5 Å². The zero-order chi connectivity index (χ0) is 7.82. The molecular formula is C5H8N2O3. The Bertz CT molecular complexity index is 144. The lowest BCUT2D eigenvalue weighted by Gasteiger charge is -1.87. The maximum absolute atomic E-state index is 9.84. The lowest BCUT2D eigenvalue weighted by atomic mass is 10.5. The van der Waals surface area contributed by atoms with Crippen molar-refractivity contribution < 1.29 is 14.7 Å². The smallest absolute Gasteiger partial charge is 0.308 e. The normalized spacial score (nSPS) is 9.60. The Morgan fingerprint density at radius 2 is 2.40 bits per heavy atom. The van der Waals surface area contributed by atoms with Crippen molar-refractivity contribution in [1.29, 1.82) is 0 Å². The van der Waals surface area contributed by atoms with Crippen molar-refractivity contribution in [1.82, 2.24) is 5.43 Å². The molecule has 0 unspecified atom stereocenters. The number of hydrazone groups is 1. The van der Waals surface area contributed by atoms with Crippen molar-refractivity contribution in [2.24, 2.45) is 5.10 Å². The molecule has 0 heterocycles. The molecule has 0 aliphatic rings. The lowest BCUT2D eigenvalue weighted by Crippen LogP contribution is -2.08. The van der Waals surface area contributed by atoms with Crippen LogP contribution in [0.3, 0.4) is 0 Å². The average molecular weight is 144 g/mol. The molecule has 0 saturated heterocycles. The second kappa shape index (κ2) is 5.74. The van der Waals surface area contributed by atoms with Gasteiger partial charge < -0.3 is 15.3 Å². The van der Waals surface area contributed by atoms with Gasteiger partial charge in [0, 0.05) is 6.21 Å². The first kappa shape index (κ1) is 8.61. The molecule has 0 aromatic rings. The van der Waals surface area contributed by atoms with Crippen LogP contribution in [0.15, 0.2) is 5.10 Å². The highest BCUT2D eigenvalue weighted by molar-refractivity contribution is 5.84. The molecule has 0 aliphatic heterocycles. The third-order valence-corrected chi connectivity index (χ3v) is 0.623. The topological polar surface area (TPSA) is 78.8 Å². The summed E-state index contributed by atoms with van der Waals surface area (Å²) in [4.78, 5) is 19.5. The Kier molecular flexibility index (Phi) is 4.94. The third-order valence-electron chi connectivity index (χ3n) is 0.623. The SMILES string of the molecule is O=CCNN=CCC(=O)O. The summed E-state index contributed by atoms with van der Waals surface area (Å²) in [6.45, 7) is 0.107. The first-order valence-corrected chi connectivity index (χ1v) is 2.67. The second-order valence-electron chi connectivity index (χ2n) is 1.44. The number of rotatable bonds is 5. The molecule has 0 aromatic heterocycles. The summed E-state index contributed by atoms with van der Waals surface area (Å²) in [7, 11) is 0. The number of nitrogens with one attached hydrogen (secondary N) is 1. The Morgan fingerprint density at radius 1 is 1.70 bits per heavy atom. The van der Waals surface area contributed by atoms with Gasteiger partial charge in [-0.05, 0) is 0 Å². The van der Waals surface area contributed by atoms with Gasteiger partial charge in [0.2, 0.25) is 0 Å². The average Bonchev–Trinajstić information content (AvgIpc) is 1.87. The Hall–Kier alpha value is -1.39. The summed E-state index contributed by atoms with van der Waals surface area (Å²) in [5, 5.41) is 11.5. The number of carbonyl (C=O) groups excluding carboxylic acids is 1. The van der Waals surface area contributed by atoms with E-state index in [4.69, 9.17) is 5.11 Å². The first-order valence-electron chi connectivity index (χ1n) is 2.67. The first-order chi connectivity index (χ1) is 4.77. The van der Waals surface area contributed by atoms with E-state index >= 15 is 0 Å². The van der Waals surface area contributed by atoms with Gasteiger partial charge in [-0.3, -0.25) is 4.79 Å². The zero-order valence-electron chi connectivity index (χ0n) is 5.28. The minimum atomic E-state index is -0.948. The van der Waals surface area contributed by atoms with Crippen molar-refractivity contribution in [2.45, 2.75) is 6.42 Å². The molecule has 0 spiro atoms. The zero-order valence-corrected chi connectivity index (χ0v) is 5.28. The summed E-state index contributed by atoms with van der Waals surface area (Å²) in [6.07, 6.45) is 1.69. The lowest BCUT2D eigenvalue weighted by molar-refractivity contribution is -0.135. The van der Waals surface area contributed by atoms with Crippen molar-refractivity contribution >= 4 is 18.5 Å². The highest BCUT2D eigenvalue weighted by Crippen LogP contribution is 1.70. The molecule has 10 heavy (non-hydrogen) atoms. The number of hydrogen-bond donors (Lipinski definition) is 2. The molecule has 0 amide bonds. The van der Waals surface area contributed by atoms with Gasteiger partial charge >= 0.3 is 5.97 Å². The van der Waals surface area contributed by atoms with E-state index in [0.717, 1.165) is 0 Å². The van der Waals surface area contributed by atoms with Gasteiger partial charge in [0.1, 0.15) is 6.29 Å². The highest BCUT2D eigenvalue weighted by Gasteiger charge is 1.88. The fraction of sp³-hybridized carbons (Fsp3) is 0.400. The van der Waals surface area contributed by atoms with Crippen LogP contribution in [0.2, 0.25) is 0 Å². The molecule has 0 fully saturated rings. The van der Waals surface area contributed by atoms with E-state index in [0.29, 0.717) is 6.29 Å². The summed E-state index contributed by atoms with van der Waals surface area (Å²) in [6, 6.07) is 0. The summed E-state index contributed by atoms with van der Waals surface area (Å²) < 4.78 is 0. The van der Waals surface area contributed by atoms with Crippen LogP contribution in [0.5, 0.6) is 0 Å². The van der Waals surface area contributed by atoms with Crippen LogP contribution in [-0.4, -0.2) is 30.1 Å². The van der Waals surface area contributed by atoms with Gasteiger partial charge in [-0.2, -0.15) is 5.10 Å². The molecule has 0 rings (SSSR count). The molecule has 0 aliphatic carbocycles. The van der Waals surface area contributed by atoms with Gasteiger partial charge in [0.25, 0.3) is 0 Å².